The highest BCUT2D eigenvalue weighted by Crippen LogP contribution is 2.25. The van der Waals surface area contributed by atoms with E-state index in [2.05, 4.69) is 0 Å². The van der Waals surface area contributed by atoms with Gasteiger partial charge in [-0.3, -0.25) is 4.79 Å². The molecule has 4 nitrogen and oxygen atoms in total. The summed E-state index contributed by atoms with van der Waals surface area (Å²) < 4.78 is 6.10. The topological polar surface area (TPSA) is 55.6 Å². The van der Waals surface area contributed by atoms with E-state index in [4.69, 9.17) is 10.5 Å². The van der Waals surface area contributed by atoms with Gasteiger partial charge in [-0.15, -0.1) is 12.4 Å². The van der Waals surface area contributed by atoms with Gasteiger partial charge in [-0.25, -0.2) is 0 Å². The van der Waals surface area contributed by atoms with Gasteiger partial charge in [-0.2, -0.15) is 0 Å². The van der Waals surface area contributed by atoms with E-state index < -0.39 is 5.54 Å². The van der Waals surface area contributed by atoms with Crippen molar-refractivity contribution in [1.82, 2.24) is 4.90 Å². The number of likely N-dealkylation sites (tertiary alicyclic amines) is 1. The second-order valence-corrected chi connectivity index (χ2v) is 6.26. The molecule has 0 radical (unpaired) electrons. The molecule has 0 aromatic carbocycles. The summed E-state index contributed by atoms with van der Waals surface area (Å²) in [7, 11) is 0. The lowest BCUT2D eigenvalue weighted by molar-refractivity contribution is -0.139. The van der Waals surface area contributed by atoms with E-state index in [1.54, 1.807) is 13.8 Å². The van der Waals surface area contributed by atoms with E-state index in [-0.39, 0.29) is 18.3 Å². The molecule has 0 aromatic rings. The van der Waals surface area contributed by atoms with Crippen molar-refractivity contribution < 1.29 is 9.53 Å². The van der Waals surface area contributed by atoms with Gasteiger partial charge in [-0.05, 0) is 39.5 Å². The number of halogens is 1. The van der Waals surface area contributed by atoms with Gasteiger partial charge in [0.1, 0.15) is 0 Å². The summed E-state index contributed by atoms with van der Waals surface area (Å²) in [5, 5.41) is 0. The molecule has 2 aliphatic rings. The smallest absolute Gasteiger partial charge is 0.242 e. The van der Waals surface area contributed by atoms with Crippen LogP contribution in [0.3, 0.4) is 0 Å². The Morgan fingerprint density at radius 1 is 1.11 bits per heavy atom. The number of carbonyl (C=O) groups is 1. The molecule has 2 fully saturated rings. The first-order valence-corrected chi connectivity index (χ1v) is 7.20. The Bertz CT molecular complexity index is 290. The van der Waals surface area contributed by atoms with Gasteiger partial charge in [0.25, 0.3) is 0 Å². The first-order valence-electron chi connectivity index (χ1n) is 7.20. The molecule has 2 rings (SSSR count). The average molecular weight is 291 g/mol. The Morgan fingerprint density at radius 3 is 2.05 bits per heavy atom. The summed E-state index contributed by atoms with van der Waals surface area (Å²) >= 11 is 0. The SMILES string of the molecule is CC(C)(N)C(=O)N1CCC(OC2CCCC2)CC1.Cl. The Labute approximate surface area is 122 Å². The van der Waals surface area contributed by atoms with Crippen molar-refractivity contribution in [2.75, 3.05) is 13.1 Å². The van der Waals surface area contributed by atoms with Crippen LogP contribution < -0.4 is 5.73 Å². The van der Waals surface area contributed by atoms with Crippen LogP contribution in [0.15, 0.2) is 0 Å². The molecule has 1 aliphatic heterocycles. The zero-order chi connectivity index (χ0) is 13.2. The minimum atomic E-state index is -0.751. The van der Waals surface area contributed by atoms with Crippen molar-refractivity contribution in [3.05, 3.63) is 0 Å². The molecule has 0 spiro atoms. The Morgan fingerprint density at radius 2 is 1.58 bits per heavy atom. The predicted octanol–water partition coefficient (Wildman–Crippen LogP) is 2.10. The summed E-state index contributed by atoms with van der Waals surface area (Å²) in [4.78, 5) is 13.9. The quantitative estimate of drug-likeness (QED) is 0.866. The number of nitrogens with zero attached hydrogens (tertiary/aromatic N) is 1. The molecule has 1 saturated heterocycles. The summed E-state index contributed by atoms with van der Waals surface area (Å²) in [5.41, 5.74) is 5.10. The molecule has 0 atom stereocenters. The number of hydrogen-bond donors (Lipinski definition) is 1. The summed E-state index contributed by atoms with van der Waals surface area (Å²) in [6, 6.07) is 0. The maximum absolute atomic E-state index is 12.0. The molecule has 2 N–H and O–H groups in total. The highest BCUT2D eigenvalue weighted by atomic mass is 35.5. The second-order valence-electron chi connectivity index (χ2n) is 6.26. The molecular formula is C14H27ClN2O2. The van der Waals surface area contributed by atoms with E-state index in [1.807, 2.05) is 4.90 Å². The van der Waals surface area contributed by atoms with Crippen molar-refractivity contribution in [3.8, 4) is 0 Å². The van der Waals surface area contributed by atoms with Crippen LogP contribution in [-0.4, -0.2) is 41.6 Å². The first-order chi connectivity index (χ1) is 8.47. The number of carbonyl (C=O) groups excluding carboxylic acids is 1. The van der Waals surface area contributed by atoms with E-state index in [1.165, 1.54) is 25.7 Å². The van der Waals surface area contributed by atoms with Crippen molar-refractivity contribution in [2.24, 2.45) is 5.73 Å². The van der Waals surface area contributed by atoms with Crippen LogP contribution in [0.25, 0.3) is 0 Å². The van der Waals surface area contributed by atoms with E-state index >= 15 is 0 Å². The normalized spacial score (nSPS) is 22.4. The minimum Gasteiger partial charge on any atom is -0.375 e. The molecule has 112 valence electrons. The Kier molecular flexibility index (Phi) is 6.09. The van der Waals surface area contributed by atoms with Crippen LogP contribution in [0.4, 0.5) is 0 Å². The molecule has 1 saturated carbocycles. The van der Waals surface area contributed by atoms with Crippen LogP contribution in [0.1, 0.15) is 52.4 Å². The lowest BCUT2D eigenvalue weighted by Gasteiger charge is -2.36. The number of piperidine rings is 1. The monoisotopic (exact) mass is 290 g/mol. The maximum atomic E-state index is 12.0. The van der Waals surface area contributed by atoms with E-state index in [0.29, 0.717) is 12.2 Å². The number of hydrogen-bond acceptors (Lipinski definition) is 3. The minimum absolute atomic E-state index is 0. The lowest BCUT2D eigenvalue weighted by Crippen LogP contribution is -2.53. The van der Waals surface area contributed by atoms with Crippen LogP contribution in [0.2, 0.25) is 0 Å². The fourth-order valence-corrected chi connectivity index (χ4v) is 2.90. The van der Waals surface area contributed by atoms with Gasteiger partial charge < -0.3 is 15.4 Å². The molecular weight excluding hydrogens is 264 g/mol. The molecule has 0 bridgehead atoms. The Hall–Kier alpha value is -0.320. The van der Waals surface area contributed by atoms with Crippen molar-refractivity contribution >= 4 is 18.3 Å². The molecule has 1 aliphatic carbocycles. The van der Waals surface area contributed by atoms with Gasteiger partial charge in [0, 0.05) is 13.1 Å². The molecule has 0 aromatic heterocycles. The number of amides is 1. The molecule has 19 heavy (non-hydrogen) atoms. The maximum Gasteiger partial charge on any atom is 0.242 e. The number of nitrogens with two attached hydrogens (primary N) is 1. The third kappa shape index (κ3) is 4.62. The zero-order valence-corrected chi connectivity index (χ0v) is 12.9. The van der Waals surface area contributed by atoms with Gasteiger partial charge in [0.2, 0.25) is 5.91 Å². The fraction of sp³-hybridized carbons (Fsp3) is 0.929. The van der Waals surface area contributed by atoms with Gasteiger partial charge >= 0.3 is 0 Å². The Balaban J connectivity index is 0.00000180. The third-order valence-corrected chi connectivity index (χ3v) is 3.97. The van der Waals surface area contributed by atoms with Crippen LogP contribution in [0, 0.1) is 0 Å². The zero-order valence-electron chi connectivity index (χ0n) is 12.1. The third-order valence-electron chi connectivity index (χ3n) is 3.97. The van der Waals surface area contributed by atoms with Crippen LogP contribution in [0.5, 0.6) is 0 Å². The highest BCUT2D eigenvalue weighted by Gasteiger charge is 2.32. The largest absolute Gasteiger partial charge is 0.375 e. The predicted molar refractivity (Wildman–Crippen MR) is 78.5 cm³/mol. The first kappa shape index (κ1) is 16.7. The lowest BCUT2D eigenvalue weighted by atomic mass is 10.0. The summed E-state index contributed by atoms with van der Waals surface area (Å²) in [5.74, 6) is 0.0572. The molecule has 5 heteroatoms. The number of rotatable bonds is 3. The molecule has 1 amide bonds. The summed E-state index contributed by atoms with van der Waals surface area (Å²) in [6.07, 6.45) is 7.79. The fourth-order valence-electron chi connectivity index (χ4n) is 2.90. The molecule has 1 heterocycles. The van der Waals surface area contributed by atoms with Crippen molar-refractivity contribution in [2.45, 2.75) is 70.1 Å². The molecule has 0 unspecified atom stereocenters. The van der Waals surface area contributed by atoms with Gasteiger partial charge in [0.05, 0.1) is 17.7 Å². The second kappa shape index (κ2) is 6.91. The van der Waals surface area contributed by atoms with Gasteiger partial charge in [-0.1, -0.05) is 12.8 Å². The summed E-state index contributed by atoms with van der Waals surface area (Å²) in [6.45, 7) is 5.13. The standard InChI is InChI=1S/C14H26N2O2.ClH/c1-14(2,15)13(17)16-9-7-12(8-10-16)18-11-5-3-4-6-11;/h11-12H,3-10,15H2,1-2H3;1H. The van der Waals surface area contributed by atoms with Crippen LogP contribution >= 0.6 is 12.4 Å². The average Bonchev–Trinajstić information content (AvgIpc) is 2.81. The van der Waals surface area contributed by atoms with Crippen LogP contribution in [-0.2, 0) is 9.53 Å². The van der Waals surface area contributed by atoms with E-state index in [9.17, 15) is 4.79 Å². The van der Waals surface area contributed by atoms with Crippen molar-refractivity contribution in [1.29, 1.82) is 0 Å². The van der Waals surface area contributed by atoms with E-state index in [0.717, 1.165) is 25.9 Å². The van der Waals surface area contributed by atoms with Gasteiger partial charge in [0.15, 0.2) is 0 Å². The van der Waals surface area contributed by atoms with Crippen molar-refractivity contribution in [3.63, 3.8) is 0 Å². The number of ether oxygens (including phenoxy) is 1. The highest BCUT2D eigenvalue weighted by molar-refractivity contribution is 5.85.